The second-order valence-electron chi connectivity index (χ2n) is 9.06. The molecule has 1 saturated heterocycles. The summed E-state index contributed by atoms with van der Waals surface area (Å²) < 4.78 is 26.1. The fourth-order valence-electron chi connectivity index (χ4n) is 5.09. The van der Waals surface area contributed by atoms with E-state index in [0.29, 0.717) is 47.5 Å². The molecule has 0 bridgehead atoms. The SMILES string of the molecule is Cc1nn([C@H]2CCS(=O)(=O)C2)c2nc(-c3cccs3)cc(C(=O)N3CCc4ccccc4C3)c12. The van der Waals surface area contributed by atoms with Crippen LogP contribution in [-0.4, -0.2) is 52.0 Å². The van der Waals surface area contributed by atoms with Crippen LogP contribution in [0.5, 0.6) is 0 Å². The van der Waals surface area contributed by atoms with Crippen molar-refractivity contribution in [3.63, 3.8) is 0 Å². The number of thiophene rings is 1. The molecule has 1 aromatic carbocycles. The van der Waals surface area contributed by atoms with E-state index in [-0.39, 0.29) is 23.5 Å². The van der Waals surface area contributed by atoms with Crippen LogP contribution in [0.1, 0.15) is 39.6 Å². The Morgan fingerprint density at radius 3 is 2.71 bits per heavy atom. The topological polar surface area (TPSA) is 85.2 Å². The Morgan fingerprint density at radius 2 is 1.97 bits per heavy atom. The molecule has 1 atom stereocenters. The molecule has 7 nitrogen and oxygen atoms in total. The van der Waals surface area contributed by atoms with E-state index in [0.717, 1.165) is 11.3 Å². The van der Waals surface area contributed by atoms with Gasteiger partial charge in [-0.2, -0.15) is 5.10 Å². The quantitative estimate of drug-likeness (QED) is 0.431. The second kappa shape index (κ2) is 8.02. The highest BCUT2D eigenvalue weighted by atomic mass is 32.2. The van der Waals surface area contributed by atoms with Crippen molar-refractivity contribution in [1.82, 2.24) is 19.7 Å². The van der Waals surface area contributed by atoms with Crippen molar-refractivity contribution in [2.75, 3.05) is 18.1 Å². The van der Waals surface area contributed by atoms with Gasteiger partial charge in [-0.1, -0.05) is 30.3 Å². The van der Waals surface area contributed by atoms with Crippen molar-refractivity contribution in [3.05, 3.63) is 70.2 Å². The molecule has 0 saturated carbocycles. The van der Waals surface area contributed by atoms with Crippen molar-refractivity contribution in [2.45, 2.75) is 32.4 Å². The Balaban J connectivity index is 1.49. The molecule has 174 valence electrons. The average molecular weight is 493 g/mol. The molecule has 0 spiro atoms. The van der Waals surface area contributed by atoms with Gasteiger partial charge in [-0.15, -0.1) is 11.3 Å². The molecule has 9 heteroatoms. The number of benzene rings is 1. The van der Waals surface area contributed by atoms with E-state index in [1.165, 1.54) is 11.1 Å². The number of hydrogen-bond donors (Lipinski definition) is 0. The number of pyridine rings is 1. The Labute approximate surface area is 202 Å². The summed E-state index contributed by atoms with van der Waals surface area (Å²) in [5.74, 6) is 0.170. The highest BCUT2D eigenvalue weighted by Crippen LogP contribution is 2.34. The standard InChI is InChI=1S/C25H24N4O3S2/c1-16-23-20(25(30)28-10-8-17-5-2-3-6-18(17)14-28)13-21(22-7-4-11-33-22)26-24(23)29(27-16)19-9-12-34(31,32)15-19/h2-7,11,13,19H,8-10,12,14-15H2,1H3/t19-/m0/s1. The van der Waals surface area contributed by atoms with Crippen LogP contribution in [0.25, 0.3) is 21.6 Å². The summed E-state index contributed by atoms with van der Waals surface area (Å²) in [5, 5.41) is 7.40. The normalized spacial score (nSPS) is 19.4. The van der Waals surface area contributed by atoms with E-state index in [2.05, 4.69) is 12.1 Å². The summed E-state index contributed by atoms with van der Waals surface area (Å²) in [5.41, 5.74) is 5.05. The smallest absolute Gasteiger partial charge is 0.255 e. The fourth-order valence-corrected chi connectivity index (χ4v) is 7.47. The lowest BCUT2D eigenvalue weighted by atomic mass is 9.98. The molecule has 3 aromatic heterocycles. The monoisotopic (exact) mass is 492 g/mol. The number of sulfone groups is 1. The summed E-state index contributed by atoms with van der Waals surface area (Å²) in [6, 6.07) is 13.8. The van der Waals surface area contributed by atoms with Crippen molar-refractivity contribution in [1.29, 1.82) is 0 Å². The molecule has 0 radical (unpaired) electrons. The highest BCUT2D eigenvalue weighted by molar-refractivity contribution is 7.91. The first-order chi connectivity index (χ1) is 16.4. The molecule has 1 amide bonds. The summed E-state index contributed by atoms with van der Waals surface area (Å²) in [4.78, 5) is 21.7. The van der Waals surface area contributed by atoms with Crippen molar-refractivity contribution in [2.24, 2.45) is 0 Å². The summed E-state index contributed by atoms with van der Waals surface area (Å²) in [6.45, 7) is 3.10. The van der Waals surface area contributed by atoms with Crippen LogP contribution in [0.15, 0.2) is 47.8 Å². The molecule has 5 heterocycles. The Bertz CT molecular complexity index is 1520. The predicted octanol–water partition coefficient (Wildman–Crippen LogP) is 4.03. The summed E-state index contributed by atoms with van der Waals surface area (Å²) >= 11 is 1.56. The maximum atomic E-state index is 13.9. The van der Waals surface area contributed by atoms with Crippen LogP contribution in [0.3, 0.4) is 0 Å². The van der Waals surface area contributed by atoms with E-state index >= 15 is 0 Å². The third-order valence-electron chi connectivity index (χ3n) is 6.81. The van der Waals surface area contributed by atoms with Crippen LogP contribution in [0.2, 0.25) is 0 Å². The van der Waals surface area contributed by atoms with Gasteiger partial charge in [0, 0.05) is 13.1 Å². The zero-order valence-electron chi connectivity index (χ0n) is 18.8. The Kier molecular flexibility index (Phi) is 5.07. The van der Waals surface area contributed by atoms with Gasteiger partial charge in [0.2, 0.25) is 0 Å². The molecular formula is C25H24N4O3S2. The largest absolute Gasteiger partial charge is 0.334 e. The summed E-state index contributed by atoms with van der Waals surface area (Å²) in [6.07, 6.45) is 1.34. The van der Waals surface area contributed by atoms with Gasteiger partial charge in [0.1, 0.15) is 0 Å². The molecule has 4 aromatic rings. The summed E-state index contributed by atoms with van der Waals surface area (Å²) in [7, 11) is -3.09. The van der Waals surface area contributed by atoms with Crippen molar-refractivity contribution >= 4 is 38.1 Å². The molecule has 0 N–H and O–H groups in total. The van der Waals surface area contributed by atoms with Crippen LogP contribution >= 0.6 is 11.3 Å². The minimum absolute atomic E-state index is 0.0404. The van der Waals surface area contributed by atoms with Gasteiger partial charge in [0.15, 0.2) is 15.5 Å². The van der Waals surface area contributed by atoms with Crippen LogP contribution in [0.4, 0.5) is 0 Å². The lowest BCUT2D eigenvalue weighted by Crippen LogP contribution is -2.36. The first-order valence-corrected chi connectivity index (χ1v) is 14.1. The van der Waals surface area contributed by atoms with E-state index < -0.39 is 9.84 Å². The Morgan fingerprint density at radius 1 is 1.15 bits per heavy atom. The first kappa shape index (κ1) is 21.5. The maximum absolute atomic E-state index is 13.9. The van der Waals surface area contributed by atoms with E-state index in [1.807, 2.05) is 47.5 Å². The van der Waals surface area contributed by atoms with Gasteiger partial charge >= 0.3 is 0 Å². The third-order valence-corrected chi connectivity index (χ3v) is 9.46. The number of fused-ring (bicyclic) bond motifs is 2. The molecule has 2 aliphatic heterocycles. The average Bonchev–Trinajstić information content (AvgIpc) is 3.57. The highest BCUT2D eigenvalue weighted by Gasteiger charge is 2.33. The Hall–Kier alpha value is -3.04. The second-order valence-corrected chi connectivity index (χ2v) is 12.2. The van der Waals surface area contributed by atoms with E-state index in [1.54, 1.807) is 16.0 Å². The van der Waals surface area contributed by atoms with Gasteiger partial charge in [0.25, 0.3) is 5.91 Å². The van der Waals surface area contributed by atoms with Gasteiger partial charge in [0.05, 0.1) is 44.8 Å². The van der Waals surface area contributed by atoms with E-state index in [4.69, 9.17) is 10.1 Å². The zero-order chi connectivity index (χ0) is 23.4. The minimum Gasteiger partial charge on any atom is -0.334 e. The third kappa shape index (κ3) is 3.63. The fraction of sp³-hybridized carbons (Fsp3) is 0.320. The number of rotatable bonds is 3. The number of aryl methyl sites for hydroxylation is 1. The van der Waals surface area contributed by atoms with Crippen LogP contribution in [0, 0.1) is 6.92 Å². The number of carbonyl (C=O) groups excluding carboxylic acids is 1. The van der Waals surface area contributed by atoms with Crippen LogP contribution in [-0.2, 0) is 22.8 Å². The van der Waals surface area contributed by atoms with Gasteiger partial charge in [-0.3, -0.25) is 4.79 Å². The number of amides is 1. The molecule has 2 aliphatic rings. The predicted molar refractivity (Wildman–Crippen MR) is 133 cm³/mol. The molecule has 1 fully saturated rings. The lowest BCUT2D eigenvalue weighted by Gasteiger charge is -2.29. The number of nitrogens with zero attached hydrogens (tertiary/aromatic N) is 4. The van der Waals surface area contributed by atoms with E-state index in [9.17, 15) is 13.2 Å². The lowest BCUT2D eigenvalue weighted by molar-refractivity contribution is 0.0736. The molecule has 0 unspecified atom stereocenters. The number of aromatic nitrogens is 3. The van der Waals surface area contributed by atoms with Crippen molar-refractivity contribution in [3.8, 4) is 10.6 Å². The van der Waals surface area contributed by atoms with Gasteiger partial charge < -0.3 is 4.90 Å². The van der Waals surface area contributed by atoms with Gasteiger partial charge in [-0.05, 0) is 48.4 Å². The molecular weight excluding hydrogens is 468 g/mol. The maximum Gasteiger partial charge on any atom is 0.255 e. The number of hydrogen-bond acceptors (Lipinski definition) is 6. The van der Waals surface area contributed by atoms with Gasteiger partial charge in [-0.25, -0.2) is 18.1 Å². The van der Waals surface area contributed by atoms with Crippen molar-refractivity contribution < 1.29 is 13.2 Å². The molecule has 0 aliphatic carbocycles. The zero-order valence-corrected chi connectivity index (χ0v) is 20.4. The molecule has 6 rings (SSSR count). The number of carbonyl (C=O) groups is 1. The minimum atomic E-state index is -3.09. The first-order valence-electron chi connectivity index (χ1n) is 11.4. The van der Waals surface area contributed by atoms with Crippen LogP contribution < -0.4 is 0 Å². The molecule has 34 heavy (non-hydrogen) atoms.